The molecule has 0 bridgehead atoms. The highest BCUT2D eigenvalue weighted by molar-refractivity contribution is 6.35. The number of nitrogens with zero attached hydrogens (tertiary/aromatic N) is 2. The summed E-state index contributed by atoms with van der Waals surface area (Å²) < 4.78 is 5.27. The van der Waals surface area contributed by atoms with Crippen molar-refractivity contribution in [1.29, 1.82) is 0 Å². The summed E-state index contributed by atoms with van der Waals surface area (Å²) in [6.07, 6.45) is 3.02. The van der Waals surface area contributed by atoms with E-state index in [9.17, 15) is 14.4 Å². The largest absolute Gasteiger partial charge is 0.379 e. The van der Waals surface area contributed by atoms with Crippen molar-refractivity contribution < 1.29 is 19.1 Å². The Balaban J connectivity index is 1.47. The maximum Gasteiger partial charge on any atom is 0.309 e. The van der Waals surface area contributed by atoms with Gasteiger partial charge < -0.3 is 20.3 Å². The van der Waals surface area contributed by atoms with Crippen LogP contribution < -0.4 is 10.6 Å². The molecule has 0 radical (unpaired) electrons. The Hall–Kier alpha value is -1.67. The maximum atomic E-state index is 11.7. The molecule has 0 aromatic rings. The van der Waals surface area contributed by atoms with Gasteiger partial charge in [-0.15, -0.1) is 0 Å². The molecule has 0 atom stereocenters. The van der Waals surface area contributed by atoms with E-state index in [0.29, 0.717) is 32.5 Å². The SMILES string of the molecule is O=C(NCCCN1CCOCC1)C(=O)NCCCN1CCCC1=O. The first kappa shape index (κ1) is 18.7. The van der Waals surface area contributed by atoms with Crippen LogP contribution in [0.2, 0.25) is 0 Å². The van der Waals surface area contributed by atoms with Crippen molar-refractivity contribution in [3.05, 3.63) is 0 Å². The van der Waals surface area contributed by atoms with Crippen molar-refractivity contribution in [2.75, 3.05) is 59.0 Å². The monoisotopic (exact) mass is 340 g/mol. The van der Waals surface area contributed by atoms with Crippen LogP contribution in [0, 0.1) is 0 Å². The lowest BCUT2D eigenvalue weighted by atomic mass is 10.3. The standard InChI is InChI=1S/C16H28N4O4/c21-14-4-1-8-20(14)9-3-6-18-16(23)15(22)17-5-2-7-19-10-12-24-13-11-19/h1-13H2,(H,17,22)(H,18,23). The Labute approximate surface area is 142 Å². The molecule has 24 heavy (non-hydrogen) atoms. The summed E-state index contributed by atoms with van der Waals surface area (Å²) in [5.41, 5.74) is 0. The van der Waals surface area contributed by atoms with Crippen LogP contribution in [0.5, 0.6) is 0 Å². The second kappa shape index (κ2) is 10.2. The number of rotatable bonds is 8. The third-order valence-corrected chi connectivity index (χ3v) is 4.31. The number of amides is 3. The molecule has 2 heterocycles. The Morgan fingerprint density at radius 1 is 0.958 bits per heavy atom. The minimum atomic E-state index is -0.603. The Morgan fingerprint density at radius 3 is 2.17 bits per heavy atom. The molecule has 136 valence electrons. The molecular formula is C16H28N4O4. The lowest BCUT2D eigenvalue weighted by molar-refractivity contribution is -0.139. The van der Waals surface area contributed by atoms with E-state index in [1.807, 2.05) is 0 Å². The first-order chi connectivity index (χ1) is 11.7. The lowest BCUT2D eigenvalue weighted by Crippen LogP contribution is -2.42. The molecular weight excluding hydrogens is 312 g/mol. The minimum Gasteiger partial charge on any atom is -0.379 e. The van der Waals surface area contributed by atoms with Gasteiger partial charge in [-0.25, -0.2) is 0 Å². The van der Waals surface area contributed by atoms with Crippen LogP contribution in [0.25, 0.3) is 0 Å². The summed E-state index contributed by atoms with van der Waals surface area (Å²) >= 11 is 0. The molecule has 0 unspecified atom stereocenters. The minimum absolute atomic E-state index is 0.180. The molecule has 2 aliphatic heterocycles. The number of likely N-dealkylation sites (tertiary alicyclic amines) is 1. The van der Waals surface area contributed by atoms with Crippen molar-refractivity contribution in [2.45, 2.75) is 25.7 Å². The number of morpholine rings is 1. The topological polar surface area (TPSA) is 91.0 Å². The van der Waals surface area contributed by atoms with E-state index in [1.165, 1.54) is 0 Å². The highest BCUT2D eigenvalue weighted by Crippen LogP contribution is 2.09. The summed E-state index contributed by atoms with van der Waals surface area (Å²) in [4.78, 5) is 38.9. The van der Waals surface area contributed by atoms with Gasteiger partial charge in [0.25, 0.3) is 0 Å². The van der Waals surface area contributed by atoms with Crippen LogP contribution in [0.4, 0.5) is 0 Å². The third-order valence-electron chi connectivity index (χ3n) is 4.31. The Bertz CT molecular complexity index is 438. The van der Waals surface area contributed by atoms with Gasteiger partial charge in [0.15, 0.2) is 0 Å². The molecule has 0 aliphatic carbocycles. The van der Waals surface area contributed by atoms with Gasteiger partial charge in [0.05, 0.1) is 13.2 Å². The van der Waals surface area contributed by atoms with Crippen molar-refractivity contribution in [3.8, 4) is 0 Å². The molecule has 8 nitrogen and oxygen atoms in total. The normalized spacial score (nSPS) is 18.7. The molecule has 0 aromatic heterocycles. The zero-order valence-electron chi connectivity index (χ0n) is 14.2. The van der Waals surface area contributed by atoms with Gasteiger partial charge in [-0.3, -0.25) is 19.3 Å². The average Bonchev–Trinajstić information content (AvgIpc) is 3.01. The summed E-state index contributed by atoms with van der Waals surface area (Å²) in [6.45, 7) is 6.61. The smallest absolute Gasteiger partial charge is 0.309 e. The van der Waals surface area contributed by atoms with Crippen LogP contribution in [0.1, 0.15) is 25.7 Å². The van der Waals surface area contributed by atoms with E-state index in [0.717, 1.165) is 52.2 Å². The Morgan fingerprint density at radius 2 is 1.58 bits per heavy atom. The predicted molar refractivity (Wildman–Crippen MR) is 88.3 cm³/mol. The zero-order valence-corrected chi connectivity index (χ0v) is 14.2. The van der Waals surface area contributed by atoms with Gasteiger partial charge in [0.1, 0.15) is 0 Å². The van der Waals surface area contributed by atoms with E-state index in [-0.39, 0.29) is 5.91 Å². The first-order valence-corrected chi connectivity index (χ1v) is 8.81. The van der Waals surface area contributed by atoms with Crippen LogP contribution in [-0.2, 0) is 19.1 Å². The van der Waals surface area contributed by atoms with Gasteiger partial charge in [-0.2, -0.15) is 0 Å². The van der Waals surface area contributed by atoms with E-state index in [4.69, 9.17) is 4.74 Å². The molecule has 2 fully saturated rings. The average molecular weight is 340 g/mol. The maximum absolute atomic E-state index is 11.7. The highest BCUT2D eigenvalue weighted by atomic mass is 16.5. The third kappa shape index (κ3) is 6.45. The van der Waals surface area contributed by atoms with Crippen LogP contribution in [0.3, 0.4) is 0 Å². The highest BCUT2D eigenvalue weighted by Gasteiger charge is 2.19. The Kier molecular flexibility index (Phi) is 7.97. The molecule has 3 amide bonds. The molecule has 2 rings (SSSR count). The molecule has 2 aliphatic rings. The van der Waals surface area contributed by atoms with Crippen molar-refractivity contribution in [3.63, 3.8) is 0 Å². The number of carbonyl (C=O) groups is 3. The fraction of sp³-hybridized carbons (Fsp3) is 0.812. The van der Waals surface area contributed by atoms with Crippen LogP contribution in [0.15, 0.2) is 0 Å². The molecule has 0 aromatic carbocycles. The van der Waals surface area contributed by atoms with E-state index >= 15 is 0 Å². The number of hydrogen-bond acceptors (Lipinski definition) is 5. The number of carbonyl (C=O) groups excluding carboxylic acids is 3. The summed E-state index contributed by atoms with van der Waals surface area (Å²) in [5, 5.41) is 5.23. The number of hydrogen-bond donors (Lipinski definition) is 2. The fourth-order valence-electron chi connectivity index (χ4n) is 2.90. The van der Waals surface area contributed by atoms with Gasteiger partial charge in [-0.1, -0.05) is 0 Å². The molecule has 2 saturated heterocycles. The van der Waals surface area contributed by atoms with Gasteiger partial charge in [-0.05, 0) is 25.8 Å². The molecule has 0 spiro atoms. The fourth-order valence-corrected chi connectivity index (χ4v) is 2.90. The second-order valence-electron chi connectivity index (χ2n) is 6.16. The number of ether oxygens (including phenoxy) is 1. The quantitative estimate of drug-likeness (QED) is 0.435. The van der Waals surface area contributed by atoms with E-state index < -0.39 is 11.8 Å². The second-order valence-corrected chi connectivity index (χ2v) is 6.16. The molecule has 8 heteroatoms. The van der Waals surface area contributed by atoms with Gasteiger partial charge in [0.2, 0.25) is 5.91 Å². The van der Waals surface area contributed by atoms with Crippen molar-refractivity contribution in [2.24, 2.45) is 0 Å². The first-order valence-electron chi connectivity index (χ1n) is 8.81. The zero-order chi connectivity index (χ0) is 17.2. The number of nitrogens with one attached hydrogen (secondary N) is 2. The van der Waals surface area contributed by atoms with E-state index in [2.05, 4.69) is 15.5 Å². The lowest BCUT2D eigenvalue weighted by Gasteiger charge is -2.26. The van der Waals surface area contributed by atoms with Gasteiger partial charge in [0, 0.05) is 45.7 Å². The van der Waals surface area contributed by atoms with Gasteiger partial charge >= 0.3 is 11.8 Å². The summed E-state index contributed by atoms with van der Waals surface area (Å²) in [7, 11) is 0. The summed E-state index contributed by atoms with van der Waals surface area (Å²) in [5.74, 6) is -1.01. The van der Waals surface area contributed by atoms with Crippen molar-refractivity contribution >= 4 is 17.7 Å². The predicted octanol–water partition coefficient (Wildman–Crippen LogP) is -1.05. The van der Waals surface area contributed by atoms with Crippen LogP contribution >= 0.6 is 0 Å². The van der Waals surface area contributed by atoms with E-state index in [1.54, 1.807) is 4.90 Å². The summed E-state index contributed by atoms with van der Waals surface area (Å²) in [6, 6.07) is 0. The molecule has 2 N–H and O–H groups in total. The van der Waals surface area contributed by atoms with Crippen LogP contribution in [-0.4, -0.2) is 86.5 Å². The van der Waals surface area contributed by atoms with Crippen molar-refractivity contribution in [1.82, 2.24) is 20.4 Å². The molecule has 0 saturated carbocycles.